The number of ether oxygens (including phenoxy) is 1. The molecule has 1 saturated carbocycles. The Morgan fingerprint density at radius 1 is 1.10 bits per heavy atom. The number of hydrogen-bond acceptors (Lipinski definition) is 4. The Morgan fingerprint density at radius 3 is 2.57 bits per heavy atom. The van der Waals surface area contributed by atoms with Crippen LogP contribution in [0.4, 0.5) is 4.79 Å². The molecule has 4 rings (SSSR count). The van der Waals surface area contributed by atoms with E-state index in [0.29, 0.717) is 12.0 Å². The van der Waals surface area contributed by atoms with Crippen LogP contribution < -0.4 is 5.32 Å². The smallest absolute Gasteiger partial charge is 0.320 e. The number of hydrogen-bond donors (Lipinski definition) is 1. The summed E-state index contributed by atoms with van der Waals surface area (Å²) in [5.74, 6) is -0.250. The Morgan fingerprint density at radius 2 is 1.83 bits per heavy atom. The number of esters is 1. The molecule has 0 unspecified atom stereocenters. The van der Waals surface area contributed by atoms with Gasteiger partial charge in [-0.3, -0.25) is 4.79 Å². The molecule has 2 atom stereocenters. The number of nitrogens with one attached hydrogen (secondary N) is 1. The first-order chi connectivity index (χ1) is 14.6. The first-order valence-electron chi connectivity index (χ1n) is 11.5. The van der Waals surface area contributed by atoms with Gasteiger partial charge in [-0.2, -0.15) is 0 Å². The van der Waals surface area contributed by atoms with Crippen LogP contribution in [0.1, 0.15) is 63.0 Å². The minimum atomic E-state index is -0.250. The van der Waals surface area contributed by atoms with E-state index in [1.165, 1.54) is 44.8 Å². The summed E-state index contributed by atoms with van der Waals surface area (Å²) < 4.78 is 4.76. The van der Waals surface area contributed by atoms with Gasteiger partial charge in [-0.25, -0.2) is 4.79 Å². The summed E-state index contributed by atoms with van der Waals surface area (Å²) in [5.41, 5.74) is 1.54. The number of urea groups is 1. The van der Waals surface area contributed by atoms with Gasteiger partial charge in [0.25, 0.3) is 0 Å². The fourth-order valence-electron chi connectivity index (χ4n) is 5.76. The second kappa shape index (κ2) is 9.38. The number of rotatable bonds is 4. The Kier molecular flexibility index (Phi) is 6.61. The molecule has 2 heterocycles. The number of carbonyl (C=O) groups excluding carboxylic acids is 2. The van der Waals surface area contributed by atoms with E-state index < -0.39 is 0 Å². The molecule has 2 saturated heterocycles. The highest BCUT2D eigenvalue weighted by Gasteiger charge is 2.42. The highest BCUT2D eigenvalue weighted by Crippen LogP contribution is 2.45. The molecule has 164 valence electrons. The monoisotopic (exact) mass is 413 g/mol. The quantitative estimate of drug-likeness (QED) is 0.764. The van der Waals surface area contributed by atoms with Gasteiger partial charge >= 0.3 is 12.0 Å². The van der Waals surface area contributed by atoms with E-state index in [-0.39, 0.29) is 30.6 Å². The molecule has 30 heavy (non-hydrogen) atoms. The number of amides is 2. The van der Waals surface area contributed by atoms with E-state index in [1.807, 2.05) is 18.2 Å². The highest BCUT2D eigenvalue weighted by atomic mass is 16.5. The van der Waals surface area contributed by atoms with Crippen molar-refractivity contribution in [1.29, 1.82) is 0 Å². The number of likely N-dealkylation sites (tertiary alicyclic amines) is 2. The van der Waals surface area contributed by atoms with Crippen molar-refractivity contribution in [1.82, 2.24) is 15.1 Å². The lowest BCUT2D eigenvalue weighted by Crippen LogP contribution is -2.54. The van der Waals surface area contributed by atoms with Crippen LogP contribution in [0.15, 0.2) is 30.3 Å². The Labute approximate surface area is 179 Å². The van der Waals surface area contributed by atoms with E-state index in [4.69, 9.17) is 4.74 Å². The van der Waals surface area contributed by atoms with E-state index in [1.54, 1.807) is 0 Å². The van der Waals surface area contributed by atoms with Crippen molar-refractivity contribution < 1.29 is 14.3 Å². The standard InChI is InChI=1S/C24H35N3O3/c1-30-22(28)17-25-20-10-15-27(21(16-20)19-8-3-2-4-9-19)23(29)26-14-7-13-24(18-26)11-5-6-12-24/h2-4,8-9,20-21,25H,5-7,10-18H2,1H3/t20-,21+/m1/s1. The molecule has 3 fully saturated rings. The fraction of sp³-hybridized carbons (Fsp3) is 0.667. The van der Waals surface area contributed by atoms with Gasteiger partial charge in [0.05, 0.1) is 19.7 Å². The molecule has 1 aromatic rings. The Bertz CT molecular complexity index is 732. The molecular weight excluding hydrogens is 378 g/mol. The van der Waals surface area contributed by atoms with E-state index in [2.05, 4.69) is 27.2 Å². The molecule has 0 bridgehead atoms. The van der Waals surface area contributed by atoms with Gasteiger partial charge in [-0.05, 0) is 49.5 Å². The van der Waals surface area contributed by atoms with Gasteiger partial charge in [-0.1, -0.05) is 43.2 Å². The number of piperidine rings is 2. The molecule has 3 aliphatic rings. The zero-order valence-corrected chi connectivity index (χ0v) is 18.1. The molecule has 6 nitrogen and oxygen atoms in total. The average Bonchev–Trinajstić information content (AvgIpc) is 3.24. The molecule has 0 radical (unpaired) electrons. The zero-order valence-electron chi connectivity index (χ0n) is 18.1. The first-order valence-corrected chi connectivity index (χ1v) is 11.5. The van der Waals surface area contributed by atoms with Crippen LogP contribution in [0.25, 0.3) is 0 Å². The highest BCUT2D eigenvalue weighted by molar-refractivity contribution is 5.75. The van der Waals surface area contributed by atoms with Gasteiger partial charge in [0, 0.05) is 25.7 Å². The van der Waals surface area contributed by atoms with Gasteiger partial charge in [-0.15, -0.1) is 0 Å². The lowest BCUT2D eigenvalue weighted by molar-refractivity contribution is -0.139. The largest absolute Gasteiger partial charge is 0.468 e. The molecule has 2 amide bonds. The van der Waals surface area contributed by atoms with Crippen molar-refractivity contribution >= 4 is 12.0 Å². The van der Waals surface area contributed by atoms with Crippen LogP contribution in [0, 0.1) is 5.41 Å². The number of benzene rings is 1. The van der Waals surface area contributed by atoms with Crippen LogP contribution in [-0.2, 0) is 9.53 Å². The van der Waals surface area contributed by atoms with Gasteiger partial charge < -0.3 is 19.9 Å². The van der Waals surface area contributed by atoms with E-state index in [0.717, 1.165) is 32.4 Å². The maximum absolute atomic E-state index is 13.7. The van der Waals surface area contributed by atoms with Gasteiger partial charge in [0.1, 0.15) is 0 Å². The Hall–Kier alpha value is -2.08. The second-order valence-electron chi connectivity index (χ2n) is 9.31. The zero-order chi connectivity index (χ0) is 21.0. The topological polar surface area (TPSA) is 61.9 Å². The molecule has 1 N–H and O–H groups in total. The van der Waals surface area contributed by atoms with Crippen LogP contribution in [0.2, 0.25) is 0 Å². The van der Waals surface area contributed by atoms with Crippen molar-refractivity contribution in [2.45, 2.75) is 63.5 Å². The van der Waals surface area contributed by atoms with Crippen molar-refractivity contribution in [2.24, 2.45) is 5.41 Å². The fourth-order valence-corrected chi connectivity index (χ4v) is 5.76. The summed E-state index contributed by atoms with van der Waals surface area (Å²) in [6, 6.07) is 10.7. The minimum absolute atomic E-state index is 0.0315. The molecule has 1 aromatic carbocycles. The summed E-state index contributed by atoms with van der Waals surface area (Å²) >= 11 is 0. The van der Waals surface area contributed by atoms with Gasteiger partial charge in [0.2, 0.25) is 0 Å². The average molecular weight is 414 g/mol. The van der Waals surface area contributed by atoms with Crippen molar-refractivity contribution in [3.05, 3.63) is 35.9 Å². The second-order valence-corrected chi connectivity index (χ2v) is 9.31. The normalized spacial score (nSPS) is 26.0. The predicted octanol–water partition coefficient (Wildman–Crippen LogP) is 3.73. The van der Waals surface area contributed by atoms with Crippen LogP contribution in [0.3, 0.4) is 0 Å². The molecule has 1 aliphatic carbocycles. The minimum Gasteiger partial charge on any atom is -0.468 e. The summed E-state index contributed by atoms with van der Waals surface area (Å²) in [7, 11) is 1.41. The summed E-state index contributed by atoms with van der Waals surface area (Å²) in [6.07, 6.45) is 9.24. The third-order valence-electron chi connectivity index (χ3n) is 7.39. The predicted molar refractivity (Wildman–Crippen MR) is 116 cm³/mol. The lowest BCUT2D eigenvalue weighted by Gasteiger charge is -2.46. The third kappa shape index (κ3) is 4.64. The molecule has 6 heteroatoms. The van der Waals surface area contributed by atoms with E-state index >= 15 is 0 Å². The van der Waals surface area contributed by atoms with Crippen molar-refractivity contribution in [2.75, 3.05) is 33.3 Å². The number of nitrogens with zero attached hydrogens (tertiary/aromatic N) is 2. The Balaban J connectivity index is 1.48. The number of carbonyl (C=O) groups is 2. The van der Waals surface area contributed by atoms with Crippen LogP contribution in [-0.4, -0.2) is 61.1 Å². The third-order valence-corrected chi connectivity index (χ3v) is 7.39. The molecule has 0 aromatic heterocycles. The molecule has 1 spiro atoms. The summed E-state index contributed by atoms with van der Waals surface area (Å²) in [4.78, 5) is 29.4. The van der Waals surface area contributed by atoms with Crippen LogP contribution >= 0.6 is 0 Å². The molecule has 2 aliphatic heterocycles. The van der Waals surface area contributed by atoms with Crippen molar-refractivity contribution in [3.63, 3.8) is 0 Å². The summed E-state index contributed by atoms with van der Waals surface area (Å²) in [6.45, 7) is 2.72. The van der Waals surface area contributed by atoms with E-state index in [9.17, 15) is 9.59 Å². The maximum Gasteiger partial charge on any atom is 0.320 e. The van der Waals surface area contributed by atoms with Gasteiger partial charge in [0.15, 0.2) is 0 Å². The lowest BCUT2D eigenvalue weighted by atomic mass is 9.78. The number of methoxy groups -OCH3 is 1. The molecular formula is C24H35N3O3. The first kappa shape index (κ1) is 21.2. The van der Waals surface area contributed by atoms with Crippen molar-refractivity contribution in [3.8, 4) is 0 Å². The SMILES string of the molecule is COC(=O)CN[C@@H]1CCN(C(=O)N2CCCC3(CCCC3)C2)[C@H](c2ccccc2)C1. The van der Waals surface area contributed by atoms with Crippen LogP contribution in [0.5, 0.6) is 0 Å². The maximum atomic E-state index is 13.7. The summed E-state index contributed by atoms with van der Waals surface area (Å²) in [5, 5.41) is 3.32.